The van der Waals surface area contributed by atoms with Crippen LogP contribution in [-0.4, -0.2) is 18.5 Å². The molecule has 0 radical (unpaired) electrons. The Kier molecular flexibility index (Phi) is 4.45. The van der Waals surface area contributed by atoms with Crippen LogP contribution in [0, 0.1) is 5.41 Å². The number of ether oxygens (including phenoxy) is 1. The van der Waals surface area contributed by atoms with Crippen LogP contribution in [0.4, 0.5) is 0 Å². The van der Waals surface area contributed by atoms with Gasteiger partial charge in [-0.25, -0.2) is 0 Å². The smallest absolute Gasteiger partial charge is 0.0533 e. The van der Waals surface area contributed by atoms with Crippen molar-refractivity contribution < 1.29 is 4.74 Å². The van der Waals surface area contributed by atoms with Gasteiger partial charge in [-0.3, -0.25) is 0 Å². The Balaban J connectivity index is 2.08. The molecule has 0 amide bonds. The monoisotopic (exact) mass is 346 g/mol. The fraction of sp³-hybridized carbons (Fsp3) is 0.538. The SMILES string of the molecule is BrCC1(Cc2ccc(Br)cc2)CCCOC1. The molecule has 1 heterocycles. The highest BCUT2D eigenvalue weighted by atomic mass is 79.9. The first-order valence-electron chi connectivity index (χ1n) is 5.62. The van der Waals surface area contributed by atoms with Gasteiger partial charge in [0.15, 0.2) is 0 Å². The Hall–Kier alpha value is 0.140. The zero-order valence-corrected chi connectivity index (χ0v) is 12.4. The third-order valence-corrected chi connectivity index (χ3v) is 4.90. The maximum Gasteiger partial charge on any atom is 0.0533 e. The Morgan fingerprint density at radius 1 is 1.25 bits per heavy atom. The summed E-state index contributed by atoms with van der Waals surface area (Å²) in [6.45, 7) is 1.81. The highest BCUT2D eigenvalue weighted by molar-refractivity contribution is 9.10. The van der Waals surface area contributed by atoms with Gasteiger partial charge in [-0.1, -0.05) is 44.0 Å². The topological polar surface area (TPSA) is 9.23 Å². The van der Waals surface area contributed by atoms with Gasteiger partial charge in [0.1, 0.15) is 0 Å². The van der Waals surface area contributed by atoms with E-state index in [2.05, 4.69) is 56.1 Å². The van der Waals surface area contributed by atoms with E-state index in [1.54, 1.807) is 0 Å². The van der Waals surface area contributed by atoms with Gasteiger partial charge in [0.25, 0.3) is 0 Å². The number of hydrogen-bond donors (Lipinski definition) is 0. The molecule has 1 aromatic carbocycles. The molecule has 0 bridgehead atoms. The zero-order chi connectivity index (χ0) is 11.4. The van der Waals surface area contributed by atoms with Crippen molar-refractivity contribution in [3.63, 3.8) is 0 Å². The van der Waals surface area contributed by atoms with E-state index in [1.807, 2.05) is 0 Å². The maximum atomic E-state index is 5.63. The molecule has 1 fully saturated rings. The Morgan fingerprint density at radius 2 is 2.00 bits per heavy atom. The lowest BCUT2D eigenvalue weighted by Crippen LogP contribution is -2.35. The van der Waals surface area contributed by atoms with E-state index in [1.165, 1.54) is 18.4 Å². The van der Waals surface area contributed by atoms with Gasteiger partial charge >= 0.3 is 0 Å². The van der Waals surface area contributed by atoms with Gasteiger partial charge in [0.2, 0.25) is 0 Å². The molecule has 1 aliphatic heterocycles. The summed E-state index contributed by atoms with van der Waals surface area (Å²) < 4.78 is 6.78. The van der Waals surface area contributed by atoms with Crippen LogP contribution in [0.2, 0.25) is 0 Å². The number of halogens is 2. The summed E-state index contributed by atoms with van der Waals surface area (Å²) in [4.78, 5) is 0. The molecule has 16 heavy (non-hydrogen) atoms. The van der Waals surface area contributed by atoms with Crippen LogP contribution < -0.4 is 0 Å². The van der Waals surface area contributed by atoms with Gasteiger partial charge in [-0.15, -0.1) is 0 Å². The molecule has 1 aromatic rings. The predicted molar refractivity (Wildman–Crippen MR) is 74.1 cm³/mol. The van der Waals surface area contributed by atoms with E-state index < -0.39 is 0 Å². The fourth-order valence-electron chi connectivity index (χ4n) is 2.24. The minimum Gasteiger partial charge on any atom is -0.381 e. The molecule has 1 saturated heterocycles. The molecule has 0 spiro atoms. The van der Waals surface area contributed by atoms with Crippen LogP contribution in [-0.2, 0) is 11.2 Å². The molecule has 0 aromatic heterocycles. The maximum absolute atomic E-state index is 5.63. The lowest BCUT2D eigenvalue weighted by molar-refractivity contribution is 0.00615. The summed E-state index contributed by atoms with van der Waals surface area (Å²) in [6.07, 6.45) is 3.54. The van der Waals surface area contributed by atoms with Crippen LogP contribution >= 0.6 is 31.9 Å². The first kappa shape index (κ1) is 12.6. The lowest BCUT2D eigenvalue weighted by atomic mass is 9.79. The fourth-order valence-corrected chi connectivity index (χ4v) is 3.14. The lowest BCUT2D eigenvalue weighted by Gasteiger charge is -2.35. The summed E-state index contributed by atoms with van der Waals surface area (Å²) in [7, 11) is 0. The van der Waals surface area contributed by atoms with E-state index in [-0.39, 0.29) is 0 Å². The van der Waals surface area contributed by atoms with Crippen molar-refractivity contribution in [2.24, 2.45) is 5.41 Å². The number of hydrogen-bond acceptors (Lipinski definition) is 1. The summed E-state index contributed by atoms with van der Waals surface area (Å²) in [5, 5.41) is 1.02. The van der Waals surface area contributed by atoms with Crippen molar-refractivity contribution in [1.82, 2.24) is 0 Å². The normalized spacial score (nSPS) is 25.6. The third-order valence-electron chi connectivity index (χ3n) is 3.18. The molecule has 0 saturated carbocycles. The first-order chi connectivity index (χ1) is 7.74. The summed E-state index contributed by atoms with van der Waals surface area (Å²) in [5.74, 6) is 0. The minimum absolute atomic E-state index is 0.298. The Labute approximate surface area is 114 Å². The van der Waals surface area contributed by atoms with Crippen LogP contribution in [0.15, 0.2) is 28.7 Å². The van der Waals surface area contributed by atoms with Gasteiger partial charge in [-0.05, 0) is 37.0 Å². The quantitative estimate of drug-likeness (QED) is 0.745. The molecule has 0 N–H and O–H groups in total. The van der Waals surface area contributed by atoms with Crippen molar-refractivity contribution >= 4 is 31.9 Å². The second-order valence-electron chi connectivity index (χ2n) is 4.59. The van der Waals surface area contributed by atoms with E-state index in [4.69, 9.17) is 4.74 Å². The van der Waals surface area contributed by atoms with Crippen molar-refractivity contribution in [2.75, 3.05) is 18.5 Å². The summed E-state index contributed by atoms with van der Waals surface area (Å²) in [6, 6.07) is 8.62. The Morgan fingerprint density at radius 3 is 2.56 bits per heavy atom. The number of rotatable bonds is 3. The van der Waals surface area contributed by atoms with Crippen LogP contribution in [0.5, 0.6) is 0 Å². The molecule has 2 rings (SSSR count). The van der Waals surface area contributed by atoms with Crippen molar-refractivity contribution in [3.8, 4) is 0 Å². The second-order valence-corrected chi connectivity index (χ2v) is 6.07. The van der Waals surface area contributed by atoms with Crippen molar-refractivity contribution in [2.45, 2.75) is 19.3 Å². The van der Waals surface area contributed by atoms with Crippen LogP contribution in [0.3, 0.4) is 0 Å². The van der Waals surface area contributed by atoms with Crippen molar-refractivity contribution in [3.05, 3.63) is 34.3 Å². The van der Waals surface area contributed by atoms with E-state index in [9.17, 15) is 0 Å². The largest absolute Gasteiger partial charge is 0.381 e. The molecule has 1 unspecified atom stereocenters. The average molecular weight is 348 g/mol. The highest BCUT2D eigenvalue weighted by Gasteiger charge is 2.31. The minimum atomic E-state index is 0.298. The average Bonchev–Trinajstić information content (AvgIpc) is 2.33. The van der Waals surface area contributed by atoms with E-state index >= 15 is 0 Å². The zero-order valence-electron chi connectivity index (χ0n) is 9.22. The van der Waals surface area contributed by atoms with E-state index in [0.29, 0.717) is 5.41 Å². The molecular formula is C13H16Br2O. The second kappa shape index (κ2) is 5.65. The van der Waals surface area contributed by atoms with E-state index in [0.717, 1.165) is 29.4 Å². The number of alkyl halides is 1. The third kappa shape index (κ3) is 3.08. The molecule has 1 nitrogen and oxygen atoms in total. The highest BCUT2D eigenvalue weighted by Crippen LogP contribution is 2.34. The van der Waals surface area contributed by atoms with Crippen LogP contribution in [0.25, 0.3) is 0 Å². The van der Waals surface area contributed by atoms with Crippen LogP contribution in [0.1, 0.15) is 18.4 Å². The van der Waals surface area contributed by atoms with Gasteiger partial charge in [-0.2, -0.15) is 0 Å². The molecule has 1 atom stereocenters. The Bertz CT molecular complexity index is 328. The number of benzene rings is 1. The van der Waals surface area contributed by atoms with Crippen molar-refractivity contribution in [1.29, 1.82) is 0 Å². The molecule has 3 heteroatoms. The molecule has 88 valence electrons. The molecule has 0 aliphatic carbocycles. The van der Waals surface area contributed by atoms with Gasteiger partial charge in [0, 0.05) is 21.8 Å². The molecular weight excluding hydrogens is 332 g/mol. The van der Waals surface area contributed by atoms with Gasteiger partial charge in [0.05, 0.1) is 6.61 Å². The summed E-state index contributed by atoms with van der Waals surface area (Å²) in [5.41, 5.74) is 1.69. The predicted octanol–water partition coefficient (Wildman–Crippen LogP) is 4.18. The summed E-state index contributed by atoms with van der Waals surface area (Å²) >= 11 is 7.12. The van der Waals surface area contributed by atoms with Gasteiger partial charge < -0.3 is 4.74 Å². The molecule has 1 aliphatic rings. The standard InChI is InChI=1S/C13H16Br2O/c14-9-13(6-1-7-16-10-13)8-11-2-4-12(15)5-3-11/h2-5H,1,6-10H2. The first-order valence-corrected chi connectivity index (χ1v) is 7.54.